The average Bonchev–Trinajstić information content (AvgIpc) is 2.28. The van der Waals surface area contributed by atoms with Crippen LogP contribution in [0.1, 0.15) is 5.56 Å². The van der Waals surface area contributed by atoms with E-state index in [1.54, 1.807) is 6.07 Å². The summed E-state index contributed by atoms with van der Waals surface area (Å²) in [5.74, 6) is -0.0916. The number of hydrogen-bond acceptors (Lipinski definition) is 4. The van der Waals surface area contributed by atoms with Crippen LogP contribution in [0.15, 0.2) is 40.1 Å². The number of carbonyl (C=O) groups excluding carboxylic acids is 1. The van der Waals surface area contributed by atoms with Crippen LogP contribution < -0.4 is 5.73 Å². The van der Waals surface area contributed by atoms with Crippen molar-refractivity contribution >= 4 is 30.3 Å². The highest BCUT2D eigenvalue weighted by Gasteiger charge is 2.09. The number of primary amides is 1. The van der Waals surface area contributed by atoms with Gasteiger partial charge in [0, 0.05) is 5.75 Å². The molecule has 0 bridgehead atoms. The Bertz CT molecular complexity index is 449. The molecule has 1 rings (SSSR count). The van der Waals surface area contributed by atoms with E-state index in [-0.39, 0.29) is 5.57 Å². The predicted octanol–water partition coefficient (Wildman–Crippen LogP) is 2.07. The summed E-state index contributed by atoms with van der Waals surface area (Å²) in [4.78, 5) is 10.9. The minimum Gasteiger partial charge on any atom is -0.365 e. The van der Waals surface area contributed by atoms with E-state index in [1.165, 1.54) is 11.8 Å². The fourth-order valence-electron chi connectivity index (χ4n) is 1.01. The molecule has 0 radical (unpaired) electrons. The van der Waals surface area contributed by atoms with Gasteiger partial charge in [-0.1, -0.05) is 30.3 Å². The summed E-state index contributed by atoms with van der Waals surface area (Å²) in [5, 5.41) is 8.69. The first-order valence-electron chi connectivity index (χ1n) is 4.45. The van der Waals surface area contributed by atoms with E-state index < -0.39 is 5.91 Å². The van der Waals surface area contributed by atoms with Crippen molar-refractivity contribution in [3.63, 3.8) is 0 Å². The van der Waals surface area contributed by atoms with E-state index in [4.69, 9.17) is 11.0 Å². The Hall–Kier alpha value is -1.38. The van der Waals surface area contributed by atoms with Crippen LogP contribution in [-0.4, -0.2) is 5.91 Å². The van der Waals surface area contributed by atoms with E-state index in [0.29, 0.717) is 9.99 Å². The third kappa shape index (κ3) is 3.65. The van der Waals surface area contributed by atoms with Crippen LogP contribution in [0.5, 0.6) is 0 Å². The van der Waals surface area contributed by atoms with Crippen molar-refractivity contribution in [1.29, 1.82) is 5.26 Å². The molecule has 0 fully saturated rings. The molecule has 1 aromatic rings. The maximum absolute atomic E-state index is 10.9. The molecule has 0 saturated carbocycles. The van der Waals surface area contributed by atoms with Crippen LogP contribution >= 0.6 is 24.4 Å². The molecule has 0 aliphatic carbocycles. The molecule has 0 aliphatic rings. The molecule has 0 heterocycles. The molecule has 1 aromatic carbocycles. The fraction of sp³-hybridized carbons (Fsp3) is 0.0909. The van der Waals surface area contributed by atoms with Crippen LogP contribution in [0.3, 0.4) is 0 Å². The van der Waals surface area contributed by atoms with Crippen molar-refractivity contribution in [3.8, 4) is 6.07 Å². The van der Waals surface area contributed by atoms with Gasteiger partial charge in [-0.2, -0.15) is 5.26 Å². The standard InChI is InChI=1S/C11H10N2OS2/c12-6-9(10(13)14)11(15)16-7-8-4-2-1-3-5-8/h1-5,15H,7H2,(H2,13,14)/b11-9-. The third-order valence-electron chi connectivity index (χ3n) is 1.79. The van der Waals surface area contributed by atoms with Gasteiger partial charge in [0.1, 0.15) is 11.6 Å². The van der Waals surface area contributed by atoms with Gasteiger partial charge >= 0.3 is 0 Å². The van der Waals surface area contributed by atoms with Gasteiger partial charge in [0.05, 0.1) is 4.24 Å². The maximum Gasteiger partial charge on any atom is 0.261 e. The Morgan fingerprint density at radius 1 is 1.44 bits per heavy atom. The number of rotatable bonds is 4. The molecule has 0 atom stereocenters. The Kier molecular flexibility index (Phi) is 4.96. The predicted molar refractivity (Wildman–Crippen MR) is 68.6 cm³/mol. The molecular formula is C11H10N2OS2. The summed E-state index contributed by atoms with van der Waals surface area (Å²) < 4.78 is 0.360. The second-order valence-corrected chi connectivity index (χ2v) is 4.67. The lowest BCUT2D eigenvalue weighted by atomic mass is 10.2. The van der Waals surface area contributed by atoms with Gasteiger partial charge in [-0.05, 0) is 5.56 Å². The first kappa shape index (κ1) is 12.7. The quantitative estimate of drug-likeness (QED) is 0.488. The normalized spacial score (nSPS) is 11.5. The number of amides is 1. The highest BCUT2D eigenvalue weighted by atomic mass is 32.2. The van der Waals surface area contributed by atoms with Gasteiger partial charge in [0.25, 0.3) is 5.91 Å². The second-order valence-electron chi connectivity index (χ2n) is 2.93. The van der Waals surface area contributed by atoms with Gasteiger partial charge in [0.15, 0.2) is 0 Å². The summed E-state index contributed by atoms with van der Waals surface area (Å²) in [5.41, 5.74) is 6.04. The Morgan fingerprint density at radius 3 is 2.56 bits per heavy atom. The van der Waals surface area contributed by atoms with Gasteiger partial charge < -0.3 is 5.73 Å². The van der Waals surface area contributed by atoms with Crippen molar-refractivity contribution in [2.45, 2.75) is 5.75 Å². The molecule has 2 N–H and O–H groups in total. The molecule has 0 aromatic heterocycles. The zero-order valence-corrected chi connectivity index (χ0v) is 10.1. The SMILES string of the molecule is N#C/C(C(N)=O)=C(\S)SCc1ccccc1. The zero-order chi connectivity index (χ0) is 12.0. The number of nitrogens with zero attached hydrogens (tertiary/aromatic N) is 1. The highest BCUT2D eigenvalue weighted by molar-refractivity contribution is 8.15. The number of benzene rings is 1. The molecule has 82 valence electrons. The summed E-state index contributed by atoms with van der Waals surface area (Å²) in [6.07, 6.45) is 0. The second kappa shape index (κ2) is 6.26. The van der Waals surface area contributed by atoms with Crippen molar-refractivity contribution in [3.05, 3.63) is 45.7 Å². The van der Waals surface area contributed by atoms with Crippen LogP contribution in [0.4, 0.5) is 0 Å². The minimum atomic E-state index is -0.743. The van der Waals surface area contributed by atoms with Crippen molar-refractivity contribution in [2.75, 3.05) is 0 Å². The largest absolute Gasteiger partial charge is 0.365 e. The first-order chi connectivity index (χ1) is 7.65. The summed E-state index contributed by atoms with van der Waals surface area (Å²) in [6.45, 7) is 0. The Balaban J connectivity index is 2.69. The molecule has 0 aliphatic heterocycles. The number of carbonyl (C=O) groups is 1. The van der Waals surface area contributed by atoms with Gasteiger partial charge in [-0.3, -0.25) is 4.79 Å². The van der Waals surface area contributed by atoms with Crippen LogP contribution in [0, 0.1) is 11.3 Å². The highest BCUT2D eigenvalue weighted by Crippen LogP contribution is 2.26. The van der Waals surface area contributed by atoms with Gasteiger partial charge in [-0.15, -0.1) is 24.4 Å². The lowest BCUT2D eigenvalue weighted by Gasteiger charge is -2.02. The first-order valence-corrected chi connectivity index (χ1v) is 5.88. The zero-order valence-electron chi connectivity index (χ0n) is 8.38. The van der Waals surface area contributed by atoms with E-state index in [1.807, 2.05) is 30.3 Å². The summed E-state index contributed by atoms with van der Waals surface area (Å²) in [7, 11) is 0. The summed E-state index contributed by atoms with van der Waals surface area (Å²) >= 11 is 5.41. The van der Waals surface area contributed by atoms with Crippen LogP contribution in [0.2, 0.25) is 0 Å². The monoisotopic (exact) mass is 250 g/mol. The molecule has 16 heavy (non-hydrogen) atoms. The van der Waals surface area contributed by atoms with Gasteiger partial charge in [0.2, 0.25) is 0 Å². The topological polar surface area (TPSA) is 66.9 Å². The third-order valence-corrected chi connectivity index (χ3v) is 3.36. The lowest BCUT2D eigenvalue weighted by Crippen LogP contribution is -2.13. The lowest BCUT2D eigenvalue weighted by molar-refractivity contribution is -0.114. The van der Waals surface area contributed by atoms with E-state index >= 15 is 0 Å². The fourth-order valence-corrected chi connectivity index (χ4v) is 2.15. The minimum absolute atomic E-state index is 0.0933. The Labute approximate surface area is 104 Å². The number of nitriles is 1. The van der Waals surface area contributed by atoms with Crippen LogP contribution in [0.25, 0.3) is 0 Å². The number of thiol groups is 1. The van der Waals surface area contributed by atoms with Crippen LogP contribution in [-0.2, 0) is 10.5 Å². The molecule has 0 saturated heterocycles. The average molecular weight is 250 g/mol. The molecular weight excluding hydrogens is 240 g/mol. The van der Waals surface area contributed by atoms with E-state index in [9.17, 15) is 4.79 Å². The van der Waals surface area contributed by atoms with Crippen molar-refractivity contribution in [2.24, 2.45) is 5.73 Å². The molecule has 0 spiro atoms. The molecule has 5 heteroatoms. The number of thioether (sulfide) groups is 1. The van der Waals surface area contributed by atoms with Crippen molar-refractivity contribution in [1.82, 2.24) is 0 Å². The van der Waals surface area contributed by atoms with Gasteiger partial charge in [-0.25, -0.2) is 0 Å². The Morgan fingerprint density at radius 2 is 2.06 bits per heavy atom. The summed E-state index contributed by atoms with van der Waals surface area (Å²) in [6, 6.07) is 11.5. The van der Waals surface area contributed by atoms with E-state index in [0.717, 1.165) is 5.56 Å². The number of hydrogen-bond donors (Lipinski definition) is 2. The smallest absolute Gasteiger partial charge is 0.261 e. The number of nitrogens with two attached hydrogens (primary N) is 1. The maximum atomic E-state index is 10.9. The molecule has 1 amide bonds. The molecule has 3 nitrogen and oxygen atoms in total. The van der Waals surface area contributed by atoms with Crippen molar-refractivity contribution < 1.29 is 4.79 Å². The van der Waals surface area contributed by atoms with E-state index in [2.05, 4.69) is 12.6 Å². The molecule has 0 unspecified atom stereocenters.